The van der Waals surface area contributed by atoms with E-state index in [-0.39, 0.29) is 11.5 Å². The van der Waals surface area contributed by atoms with E-state index in [1.807, 2.05) is 54.9 Å². The van der Waals surface area contributed by atoms with Crippen LogP contribution in [0, 0.1) is 19.8 Å². The molecule has 1 atom stereocenters. The lowest BCUT2D eigenvalue weighted by Gasteiger charge is -2.37. The number of carboxylic acid groups (broad SMARTS) is 1. The molecule has 3 aromatic rings. The minimum Gasteiger partial charge on any atom is -0.480 e. The highest BCUT2D eigenvalue weighted by atomic mass is 32.1. The summed E-state index contributed by atoms with van der Waals surface area (Å²) in [5, 5.41) is 22.6. The number of hydrogen-bond acceptors (Lipinski definition) is 4. The number of carboxylic acids is 1. The lowest BCUT2D eigenvalue weighted by molar-refractivity contribution is -0.146. The number of carbonyl (C=O) groups excluding carboxylic acids is 2. The molecule has 1 aromatic heterocycles. The number of urea groups is 1. The molecule has 0 aliphatic heterocycles. The molecule has 0 radical (unpaired) electrons. The van der Waals surface area contributed by atoms with Gasteiger partial charge in [0.05, 0.1) is 11.3 Å². The summed E-state index contributed by atoms with van der Waals surface area (Å²) in [6, 6.07) is 12.4. The zero-order chi connectivity index (χ0) is 26.6. The van der Waals surface area contributed by atoms with Crippen LogP contribution in [-0.4, -0.2) is 28.6 Å². The number of thiophene rings is 1. The van der Waals surface area contributed by atoms with Gasteiger partial charge in [0.1, 0.15) is 5.54 Å². The fraction of sp³-hybridized carbons (Fsp3) is 0.345. The largest absolute Gasteiger partial charge is 0.480 e. The molecule has 3 amide bonds. The first-order valence-corrected chi connectivity index (χ1v) is 13.5. The van der Waals surface area contributed by atoms with Gasteiger partial charge in [-0.2, -0.15) is 11.3 Å². The van der Waals surface area contributed by atoms with Crippen LogP contribution < -0.4 is 16.0 Å². The summed E-state index contributed by atoms with van der Waals surface area (Å²) < 4.78 is 0. The molecule has 37 heavy (non-hydrogen) atoms. The van der Waals surface area contributed by atoms with E-state index in [0.717, 1.165) is 54.4 Å². The number of hydrogen-bond donors (Lipinski definition) is 4. The molecule has 4 N–H and O–H groups in total. The molecule has 0 spiro atoms. The molecule has 194 valence electrons. The normalized spacial score (nSPS) is 15.4. The van der Waals surface area contributed by atoms with E-state index in [1.165, 1.54) is 0 Å². The van der Waals surface area contributed by atoms with Crippen molar-refractivity contribution >= 4 is 40.6 Å². The summed E-state index contributed by atoms with van der Waals surface area (Å²) in [4.78, 5) is 38.9. The molecule has 7 nitrogen and oxygen atoms in total. The molecular formula is C29H33N3O4S. The van der Waals surface area contributed by atoms with E-state index in [0.29, 0.717) is 11.4 Å². The third-order valence-corrected chi connectivity index (χ3v) is 8.01. The highest BCUT2D eigenvalue weighted by Crippen LogP contribution is 2.34. The van der Waals surface area contributed by atoms with E-state index in [2.05, 4.69) is 16.0 Å². The third kappa shape index (κ3) is 5.85. The SMILES string of the molecule is Cc1cccc(C)c1NC(=O)Nc1cc(-c2ccsc2)ccc1C(=O)N[C@](C)(C(=O)O)C1CCCCC1. The van der Waals surface area contributed by atoms with E-state index in [9.17, 15) is 19.5 Å². The first-order chi connectivity index (χ1) is 17.7. The highest BCUT2D eigenvalue weighted by molar-refractivity contribution is 7.08. The molecule has 1 heterocycles. The second-order valence-corrected chi connectivity index (χ2v) is 10.7. The first-order valence-electron chi connectivity index (χ1n) is 12.6. The van der Waals surface area contributed by atoms with Gasteiger partial charge in [0.2, 0.25) is 0 Å². The summed E-state index contributed by atoms with van der Waals surface area (Å²) in [7, 11) is 0. The Morgan fingerprint density at radius 1 is 0.946 bits per heavy atom. The Balaban J connectivity index is 1.64. The number of amides is 3. The molecule has 1 saturated carbocycles. The average molecular weight is 520 g/mol. The summed E-state index contributed by atoms with van der Waals surface area (Å²) in [6.45, 7) is 5.41. The van der Waals surface area contributed by atoms with Crippen molar-refractivity contribution in [2.75, 3.05) is 10.6 Å². The number of benzene rings is 2. The molecule has 1 aliphatic rings. The number of aliphatic carboxylic acids is 1. The van der Waals surface area contributed by atoms with Crippen LogP contribution in [-0.2, 0) is 4.79 Å². The Bertz CT molecular complexity index is 1280. The maximum atomic E-state index is 13.5. The van der Waals surface area contributed by atoms with Crippen molar-refractivity contribution in [2.24, 2.45) is 5.92 Å². The summed E-state index contributed by atoms with van der Waals surface area (Å²) in [5.41, 5.74) is 3.47. The zero-order valence-electron chi connectivity index (χ0n) is 21.4. The van der Waals surface area contributed by atoms with Crippen molar-refractivity contribution in [2.45, 2.75) is 58.4 Å². The minimum atomic E-state index is -1.40. The second kappa shape index (κ2) is 11.2. The number of aryl methyl sites for hydroxylation is 2. The summed E-state index contributed by atoms with van der Waals surface area (Å²) in [6.07, 6.45) is 4.48. The van der Waals surface area contributed by atoms with Gasteiger partial charge in [-0.15, -0.1) is 0 Å². The molecule has 0 saturated heterocycles. The maximum absolute atomic E-state index is 13.5. The molecule has 8 heteroatoms. The van der Waals surface area contributed by atoms with Gasteiger partial charge < -0.3 is 21.1 Å². The van der Waals surface area contributed by atoms with Gasteiger partial charge in [0, 0.05) is 5.69 Å². The van der Waals surface area contributed by atoms with Crippen molar-refractivity contribution < 1.29 is 19.5 Å². The maximum Gasteiger partial charge on any atom is 0.329 e. The molecule has 4 rings (SSSR count). The smallest absolute Gasteiger partial charge is 0.329 e. The van der Waals surface area contributed by atoms with Crippen LogP contribution >= 0.6 is 11.3 Å². The molecule has 1 fully saturated rings. The Kier molecular flexibility index (Phi) is 7.97. The van der Waals surface area contributed by atoms with Crippen LogP contribution in [0.5, 0.6) is 0 Å². The zero-order valence-corrected chi connectivity index (χ0v) is 22.2. The van der Waals surface area contributed by atoms with E-state index < -0.39 is 23.4 Å². The summed E-state index contributed by atoms with van der Waals surface area (Å²) in [5.74, 6) is -1.74. The van der Waals surface area contributed by atoms with Crippen LogP contribution in [0.3, 0.4) is 0 Å². The van der Waals surface area contributed by atoms with Crippen LogP contribution in [0.1, 0.15) is 60.5 Å². The number of nitrogens with one attached hydrogen (secondary N) is 3. The fourth-order valence-electron chi connectivity index (χ4n) is 5.05. The number of rotatable bonds is 7. The van der Waals surface area contributed by atoms with Gasteiger partial charge in [-0.1, -0.05) is 43.5 Å². The molecule has 2 aromatic carbocycles. The number of para-hydroxylation sites is 1. The first kappa shape index (κ1) is 26.4. The van der Waals surface area contributed by atoms with Gasteiger partial charge in [0.15, 0.2) is 0 Å². The summed E-state index contributed by atoms with van der Waals surface area (Å²) >= 11 is 1.55. The predicted molar refractivity (Wildman–Crippen MR) is 148 cm³/mol. The molecule has 0 unspecified atom stereocenters. The van der Waals surface area contributed by atoms with E-state index in [4.69, 9.17) is 0 Å². The van der Waals surface area contributed by atoms with E-state index >= 15 is 0 Å². The Hall–Kier alpha value is -3.65. The minimum absolute atomic E-state index is 0.156. The van der Waals surface area contributed by atoms with Gasteiger partial charge in [-0.05, 0) is 90.7 Å². The standard InChI is InChI=1S/C29H33N3O4S/c1-18-8-7-9-19(2)25(18)31-28(36)30-24-16-20(21-14-15-37-17-21)12-13-23(24)26(33)32-29(3,27(34)35)22-10-5-4-6-11-22/h7-9,12-17,22H,4-6,10-11H2,1-3H3,(H,32,33)(H,34,35)(H2,30,31,36)/t29-/m0/s1. The Morgan fingerprint density at radius 2 is 1.65 bits per heavy atom. The fourth-order valence-corrected chi connectivity index (χ4v) is 5.71. The predicted octanol–water partition coefficient (Wildman–Crippen LogP) is 6.83. The average Bonchev–Trinajstić information content (AvgIpc) is 3.42. The van der Waals surface area contributed by atoms with Gasteiger partial charge in [-0.3, -0.25) is 4.79 Å². The Morgan fingerprint density at radius 3 is 2.27 bits per heavy atom. The van der Waals surface area contributed by atoms with Crippen LogP contribution in [0.15, 0.2) is 53.2 Å². The molecular weight excluding hydrogens is 486 g/mol. The monoisotopic (exact) mass is 519 g/mol. The Labute approximate surface area is 221 Å². The quantitative estimate of drug-likeness (QED) is 0.274. The third-order valence-electron chi connectivity index (χ3n) is 7.33. The molecule has 1 aliphatic carbocycles. The lowest BCUT2D eigenvalue weighted by atomic mass is 9.75. The highest BCUT2D eigenvalue weighted by Gasteiger charge is 2.43. The van der Waals surface area contributed by atoms with Crippen LogP contribution in [0.4, 0.5) is 16.2 Å². The van der Waals surface area contributed by atoms with Crippen molar-refractivity contribution in [1.82, 2.24) is 5.32 Å². The van der Waals surface area contributed by atoms with Crippen molar-refractivity contribution in [3.63, 3.8) is 0 Å². The number of carbonyl (C=O) groups is 3. The van der Waals surface area contributed by atoms with Crippen LogP contribution in [0.2, 0.25) is 0 Å². The second-order valence-electron chi connectivity index (χ2n) is 9.91. The topological polar surface area (TPSA) is 108 Å². The van der Waals surface area contributed by atoms with Crippen molar-refractivity contribution in [3.8, 4) is 11.1 Å². The number of anilines is 2. The lowest BCUT2D eigenvalue weighted by Crippen LogP contribution is -2.57. The molecule has 0 bridgehead atoms. The van der Waals surface area contributed by atoms with Crippen molar-refractivity contribution in [3.05, 3.63) is 69.9 Å². The van der Waals surface area contributed by atoms with Gasteiger partial charge in [0.25, 0.3) is 5.91 Å². The van der Waals surface area contributed by atoms with Gasteiger partial charge in [-0.25, -0.2) is 9.59 Å². The van der Waals surface area contributed by atoms with Gasteiger partial charge >= 0.3 is 12.0 Å². The van der Waals surface area contributed by atoms with E-state index in [1.54, 1.807) is 30.4 Å². The van der Waals surface area contributed by atoms with Crippen molar-refractivity contribution in [1.29, 1.82) is 0 Å². The van der Waals surface area contributed by atoms with Crippen LogP contribution in [0.25, 0.3) is 11.1 Å².